The highest BCUT2D eigenvalue weighted by Gasteiger charge is 2.65. The Morgan fingerprint density at radius 2 is 1.62 bits per heavy atom. The van der Waals surface area contributed by atoms with E-state index in [1.807, 2.05) is 0 Å². The van der Waals surface area contributed by atoms with Crippen LogP contribution in [0.2, 0.25) is 0 Å². The summed E-state index contributed by atoms with van der Waals surface area (Å²) in [6, 6.07) is 11.4. The molecule has 0 heterocycles. The van der Waals surface area contributed by atoms with E-state index in [4.69, 9.17) is 0 Å². The van der Waals surface area contributed by atoms with Gasteiger partial charge in [-0.2, -0.15) is 22.0 Å². The molecule has 0 bridgehead atoms. The van der Waals surface area contributed by atoms with Crippen LogP contribution >= 0.6 is 0 Å². The van der Waals surface area contributed by atoms with Crippen LogP contribution in [0.1, 0.15) is 12.5 Å². The maximum absolute atomic E-state index is 13.5. The van der Waals surface area contributed by atoms with Gasteiger partial charge in [0.15, 0.2) is 0 Å². The van der Waals surface area contributed by atoms with Gasteiger partial charge < -0.3 is 4.74 Å². The molecule has 140 valence electrons. The summed E-state index contributed by atoms with van der Waals surface area (Å²) in [6.45, 7) is 1.11. The van der Waals surface area contributed by atoms with Gasteiger partial charge in [-0.25, -0.2) is 0 Å². The zero-order valence-electron chi connectivity index (χ0n) is 13.6. The molecule has 0 aromatic heterocycles. The van der Waals surface area contributed by atoms with Crippen LogP contribution in [0.4, 0.5) is 22.0 Å². The van der Waals surface area contributed by atoms with Crippen molar-refractivity contribution in [1.29, 1.82) is 0 Å². The SMILES string of the molecule is CCOC(=O)C(Cc1cccc2ccccc12)C(=O)C(F)(F)C(F)(F)F. The van der Waals surface area contributed by atoms with E-state index in [0.717, 1.165) is 0 Å². The Balaban J connectivity index is 2.46. The molecule has 3 nitrogen and oxygen atoms in total. The summed E-state index contributed by atoms with van der Waals surface area (Å²) >= 11 is 0. The first-order chi connectivity index (χ1) is 12.1. The maximum atomic E-state index is 13.5. The van der Waals surface area contributed by atoms with E-state index < -0.39 is 36.2 Å². The summed E-state index contributed by atoms with van der Waals surface area (Å²) in [5, 5.41) is 1.25. The smallest absolute Gasteiger partial charge is 0.461 e. The molecule has 1 atom stereocenters. The van der Waals surface area contributed by atoms with Gasteiger partial charge in [0.25, 0.3) is 0 Å². The number of halogens is 5. The minimum atomic E-state index is -6.09. The molecular formula is C18H15F5O3. The van der Waals surface area contributed by atoms with E-state index in [-0.39, 0.29) is 6.61 Å². The van der Waals surface area contributed by atoms with Crippen LogP contribution < -0.4 is 0 Å². The van der Waals surface area contributed by atoms with Gasteiger partial charge in [0.2, 0.25) is 5.78 Å². The first-order valence-corrected chi connectivity index (χ1v) is 7.71. The third-order valence-electron chi connectivity index (χ3n) is 3.86. The Morgan fingerprint density at radius 3 is 2.23 bits per heavy atom. The number of ether oxygens (including phenoxy) is 1. The largest absolute Gasteiger partial charge is 0.465 e. The molecule has 2 aromatic carbocycles. The Bertz CT molecular complexity index is 809. The third-order valence-corrected chi connectivity index (χ3v) is 3.86. The van der Waals surface area contributed by atoms with E-state index in [2.05, 4.69) is 4.74 Å². The van der Waals surface area contributed by atoms with Gasteiger partial charge in [0.05, 0.1) is 6.61 Å². The average Bonchev–Trinajstić information content (AvgIpc) is 2.58. The maximum Gasteiger partial charge on any atom is 0.461 e. The quantitative estimate of drug-likeness (QED) is 0.430. The summed E-state index contributed by atoms with van der Waals surface area (Å²) in [5.74, 6) is -11.8. The van der Waals surface area contributed by atoms with Crippen molar-refractivity contribution in [2.45, 2.75) is 25.4 Å². The van der Waals surface area contributed by atoms with Crippen molar-refractivity contribution in [3.8, 4) is 0 Å². The fourth-order valence-corrected chi connectivity index (χ4v) is 2.57. The van der Waals surface area contributed by atoms with E-state index in [9.17, 15) is 31.5 Å². The predicted octanol–water partition coefficient (Wildman–Crippen LogP) is 4.33. The molecule has 1 unspecified atom stereocenters. The summed E-state index contributed by atoms with van der Waals surface area (Å²) in [6.07, 6.45) is -6.71. The third kappa shape index (κ3) is 3.84. The van der Waals surface area contributed by atoms with Crippen molar-refractivity contribution in [3.05, 3.63) is 48.0 Å². The molecule has 0 saturated heterocycles. The van der Waals surface area contributed by atoms with Gasteiger partial charge in [-0.3, -0.25) is 9.59 Å². The minimum absolute atomic E-state index is 0.254. The second kappa shape index (κ2) is 7.39. The molecule has 0 amide bonds. The Morgan fingerprint density at radius 1 is 1.00 bits per heavy atom. The number of esters is 1. The van der Waals surface area contributed by atoms with Crippen molar-refractivity contribution in [2.75, 3.05) is 6.61 Å². The zero-order chi connectivity index (χ0) is 19.5. The number of carbonyl (C=O) groups is 2. The molecule has 0 aliphatic heterocycles. The van der Waals surface area contributed by atoms with Crippen LogP contribution in [0.15, 0.2) is 42.5 Å². The summed E-state index contributed by atoms with van der Waals surface area (Å²) in [7, 11) is 0. The van der Waals surface area contributed by atoms with Gasteiger partial charge in [-0.1, -0.05) is 42.5 Å². The van der Waals surface area contributed by atoms with Crippen molar-refractivity contribution in [2.24, 2.45) is 5.92 Å². The number of carbonyl (C=O) groups excluding carboxylic acids is 2. The van der Waals surface area contributed by atoms with Crippen LogP contribution in [-0.4, -0.2) is 30.5 Å². The first-order valence-electron chi connectivity index (χ1n) is 7.71. The molecule has 0 fully saturated rings. The zero-order valence-corrected chi connectivity index (χ0v) is 13.6. The second-order valence-corrected chi connectivity index (χ2v) is 5.58. The number of hydrogen-bond acceptors (Lipinski definition) is 3. The number of Topliss-reactive ketones (excluding diaryl/α,β-unsaturated/α-hetero) is 1. The molecule has 2 rings (SSSR count). The van der Waals surface area contributed by atoms with Gasteiger partial charge in [-0.15, -0.1) is 0 Å². The fraction of sp³-hybridized carbons (Fsp3) is 0.333. The topological polar surface area (TPSA) is 43.4 Å². The van der Waals surface area contributed by atoms with E-state index in [1.54, 1.807) is 36.4 Å². The molecular weight excluding hydrogens is 359 g/mol. The van der Waals surface area contributed by atoms with Crippen molar-refractivity contribution < 1.29 is 36.3 Å². The van der Waals surface area contributed by atoms with Crippen molar-refractivity contribution in [1.82, 2.24) is 0 Å². The van der Waals surface area contributed by atoms with Gasteiger partial charge >= 0.3 is 18.1 Å². The number of alkyl halides is 5. The number of fused-ring (bicyclic) bond motifs is 1. The lowest BCUT2D eigenvalue weighted by atomic mass is 9.89. The normalized spacial score (nSPS) is 13.5. The molecule has 0 spiro atoms. The highest BCUT2D eigenvalue weighted by atomic mass is 19.4. The number of rotatable bonds is 6. The van der Waals surface area contributed by atoms with Crippen LogP contribution in [0, 0.1) is 5.92 Å². The number of ketones is 1. The molecule has 0 N–H and O–H groups in total. The van der Waals surface area contributed by atoms with Crippen LogP contribution in [0.3, 0.4) is 0 Å². The number of benzene rings is 2. The van der Waals surface area contributed by atoms with Gasteiger partial charge in [-0.05, 0) is 29.7 Å². The average molecular weight is 374 g/mol. The van der Waals surface area contributed by atoms with Crippen LogP contribution in [0.5, 0.6) is 0 Å². The van der Waals surface area contributed by atoms with Gasteiger partial charge in [0, 0.05) is 0 Å². The fourth-order valence-electron chi connectivity index (χ4n) is 2.57. The van der Waals surface area contributed by atoms with Crippen molar-refractivity contribution >= 4 is 22.5 Å². The monoisotopic (exact) mass is 374 g/mol. The Kier molecular flexibility index (Phi) is 5.63. The summed E-state index contributed by atoms with van der Waals surface area (Å²) in [5.41, 5.74) is 0.299. The van der Waals surface area contributed by atoms with Crippen LogP contribution in [0.25, 0.3) is 10.8 Å². The van der Waals surface area contributed by atoms with E-state index >= 15 is 0 Å². The minimum Gasteiger partial charge on any atom is -0.465 e. The second-order valence-electron chi connectivity index (χ2n) is 5.58. The Hall–Kier alpha value is -2.51. The molecule has 2 aromatic rings. The summed E-state index contributed by atoms with van der Waals surface area (Å²) < 4.78 is 69.3. The van der Waals surface area contributed by atoms with E-state index in [1.165, 1.54) is 13.0 Å². The predicted molar refractivity (Wildman–Crippen MR) is 83.8 cm³/mol. The number of hydrogen-bond donors (Lipinski definition) is 0. The standard InChI is InChI=1S/C18H15F5O3/c1-2-26-16(25)14(15(24)17(19,20)18(21,22)23)10-12-8-5-7-11-6-3-4-9-13(11)12/h3-9,14H,2,10H2,1H3. The highest BCUT2D eigenvalue weighted by molar-refractivity contribution is 6.03. The highest BCUT2D eigenvalue weighted by Crippen LogP contribution is 2.39. The van der Waals surface area contributed by atoms with Gasteiger partial charge in [0.1, 0.15) is 5.92 Å². The molecule has 8 heteroatoms. The lowest BCUT2D eigenvalue weighted by Gasteiger charge is -2.23. The molecule has 26 heavy (non-hydrogen) atoms. The molecule has 0 aliphatic rings. The van der Waals surface area contributed by atoms with E-state index in [0.29, 0.717) is 16.3 Å². The summed E-state index contributed by atoms with van der Waals surface area (Å²) in [4.78, 5) is 23.9. The Labute approximate surface area is 145 Å². The first kappa shape index (κ1) is 19.8. The lowest BCUT2D eigenvalue weighted by molar-refractivity contribution is -0.270. The lowest BCUT2D eigenvalue weighted by Crippen LogP contribution is -2.49. The molecule has 0 saturated carbocycles. The molecule has 0 radical (unpaired) electrons. The van der Waals surface area contributed by atoms with Crippen LogP contribution in [-0.2, 0) is 20.7 Å². The molecule has 0 aliphatic carbocycles. The van der Waals surface area contributed by atoms with Crippen molar-refractivity contribution in [3.63, 3.8) is 0 Å².